The van der Waals surface area contributed by atoms with E-state index in [0.717, 1.165) is 0 Å². The molecule has 1 aromatic carbocycles. The first-order valence-electron chi connectivity index (χ1n) is 8.20. The Kier molecular flexibility index (Phi) is 6.58. The van der Waals surface area contributed by atoms with Crippen molar-refractivity contribution in [3.05, 3.63) is 58.7 Å². The maximum atomic E-state index is 12.6. The SMILES string of the molecule is CC(C)Oc1ncc(C(=O)N[C@@H](c2ccccc2)[C@@H](C)C(=O)O)cc1Cl. The molecule has 2 rings (SSSR count). The van der Waals surface area contributed by atoms with E-state index in [1.165, 1.54) is 12.3 Å². The van der Waals surface area contributed by atoms with Crippen LogP contribution < -0.4 is 10.1 Å². The molecule has 0 unspecified atom stereocenters. The van der Waals surface area contributed by atoms with Gasteiger partial charge >= 0.3 is 5.97 Å². The molecule has 6 nitrogen and oxygen atoms in total. The van der Waals surface area contributed by atoms with Gasteiger partial charge in [-0.05, 0) is 32.4 Å². The van der Waals surface area contributed by atoms with Crippen LogP contribution in [0, 0.1) is 5.92 Å². The van der Waals surface area contributed by atoms with E-state index in [1.807, 2.05) is 19.9 Å². The van der Waals surface area contributed by atoms with E-state index in [4.69, 9.17) is 16.3 Å². The van der Waals surface area contributed by atoms with Gasteiger partial charge in [-0.1, -0.05) is 41.9 Å². The number of benzene rings is 1. The van der Waals surface area contributed by atoms with Crippen LogP contribution in [0.3, 0.4) is 0 Å². The van der Waals surface area contributed by atoms with Gasteiger partial charge in [0.25, 0.3) is 5.91 Å². The molecule has 0 aliphatic heterocycles. The van der Waals surface area contributed by atoms with Crippen molar-refractivity contribution in [3.63, 3.8) is 0 Å². The molecule has 1 amide bonds. The summed E-state index contributed by atoms with van der Waals surface area (Å²) >= 11 is 6.12. The number of ether oxygens (including phenoxy) is 1. The predicted molar refractivity (Wildman–Crippen MR) is 98.5 cm³/mol. The highest BCUT2D eigenvalue weighted by Crippen LogP contribution is 2.25. The van der Waals surface area contributed by atoms with Crippen LogP contribution in [0.25, 0.3) is 0 Å². The predicted octanol–water partition coefficient (Wildman–Crippen LogP) is 3.71. The van der Waals surface area contributed by atoms with Crippen molar-refractivity contribution in [2.75, 3.05) is 0 Å². The molecule has 7 heteroatoms. The molecule has 2 N–H and O–H groups in total. The number of carboxylic acids is 1. The fraction of sp³-hybridized carbons (Fsp3) is 0.316. The Morgan fingerprint density at radius 1 is 1.19 bits per heavy atom. The lowest BCUT2D eigenvalue weighted by Gasteiger charge is -2.23. The molecule has 0 spiro atoms. The van der Waals surface area contributed by atoms with E-state index in [9.17, 15) is 14.7 Å². The number of halogens is 1. The number of carbonyl (C=O) groups excluding carboxylic acids is 1. The molecule has 26 heavy (non-hydrogen) atoms. The summed E-state index contributed by atoms with van der Waals surface area (Å²) < 4.78 is 5.45. The summed E-state index contributed by atoms with van der Waals surface area (Å²) in [6, 6.07) is 9.72. The van der Waals surface area contributed by atoms with Gasteiger partial charge in [0, 0.05) is 6.20 Å². The molecule has 2 aromatic rings. The summed E-state index contributed by atoms with van der Waals surface area (Å²) in [5, 5.41) is 12.3. The number of amides is 1. The lowest BCUT2D eigenvalue weighted by atomic mass is 9.94. The highest BCUT2D eigenvalue weighted by atomic mass is 35.5. The number of nitrogens with one attached hydrogen (secondary N) is 1. The lowest BCUT2D eigenvalue weighted by molar-refractivity contribution is -0.142. The second kappa shape index (κ2) is 8.67. The first kappa shape index (κ1) is 19.7. The second-order valence-corrected chi connectivity index (χ2v) is 6.57. The molecule has 2 atom stereocenters. The minimum absolute atomic E-state index is 0.0986. The third-order valence-electron chi connectivity index (χ3n) is 3.75. The van der Waals surface area contributed by atoms with Crippen LogP contribution in [0.15, 0.2) is 42.6 Å². The van der Waals surface area contributed by atoms with Crippen molar-refractivity contribution >= 4 is 23.5 Å². The molecular formula is C19H21ClN2O4. The van der Waals surface area contributed by atoms with Gasteiger partial charge in [-0.25, -0.2) is 4.98 Å². The third-order valence-corrected chi connectivity index (χ3v) is 4.02. The maximum absolute atomic E-state index is 12.6. The van der Waals surface area contributed by atoms with Crippen molar-refractivity contribution in [1.29, 1.82) is 0 Å². The normalized spacial score (nSPS) is 13.1. The standard InChI is InChI=1S/C19H21ClN2O4/c1-11(2)26-18-15(20)9-14(10-21-18)17(23)22-16(12(3)19(24)25)13-7-5-4-6-8-13/h4-12,16H,1-3H3,(H,22,23)(H,24,25)/t12-,16-/m1/s1. The Labute approximate surface area is 157 Å². The van der Waals surface area contributed by atoms with Gasteiger partial charge in [-0.15, -0.1) is 0 Å². The van der Waals surface area contributed by atoms with Crippen LogP contribution >= 0.6 is 11.6 Å². The van der Waals surface area contributed by atoms with Gasteiger partial charge in [0.05, 0.1) is 23.6 Å². The molecule has 0 saturated carbocycles. The minimum Gasteiger partial charge on any atom is -0.481 e. The molecule has 0 radical (unpaired) electrons. The van der Waals surface area contributed by atoms with Crippen LogP contribution in [-0.4, -0.2) is 28.1 Å². The smallest absolute Gasteiger partial charge is 0.308 e. The fourth-order valence-corrected chi connectivity index (χ4v) is 2.59. The molecule has 0 bridgehead atoms. The highest BCUT2D eigenvalue weighted by Gasteiger charge is 2.27. The number of nitrogens with zero attached hydrogens (tertiary/aromatic N) is 1. The largest absolute Gasteiger partial charge is 0.481 e. The lowest BCUT2D eigenvalue weighted by Crippen LogP contribution is -2.35. The van der Waals surface area contributed by atoms with Crippen LogP contribution in [-0.2, 0) is 4.79 Å². The Balaban J connectivity index is 2.24. The molecule has 0 aliphatic rings. The van der Waals surface area contributed by atoms with Crippen molar-refractivity contribution in [3.8, 4) is 5.88 Å². The Hall–Kier alpha value is -2.60. The summed E-state index contributed by atoms with van der Waals surface area (Å²) in [4.78, 5) is 28.1. The Morgan fingerprint density at radius 3 is 2.38 bits per heavy atom. The molecule has 1 heterocycles. The van der Waals surface area contributed by atoms with Gasteiger partial charge in [-0.3, -0.25) is 9.59 Å². The molecule has 0 aliphatic carbocycles. The highest BCUT2D eigenvalue weighted by molar-refractivity contribution is 6.32. The van der Waals surface area contributed by atoms with Crippen LogP contribution in [0.4, 0.5) is 0 Å². The molecule has 138 valence electrons. The number of hydrogen-bond acceptors (Lipinski definition) is 4. The molecular weight excluding hydrogens is 356 g/mol. The van der Waals surface area contributed by atoms with Gasteiger partial charge in [0.2, 0.25) is 5.88 Å². The van der Waals surface area contributed by atoms with E-state index in [-0.39, 0.29) is 22.6 Å². The number of carbonyl (C=O) groups is 2. The topological polar surface area (TPSA) is 88.5 Å². The zero-order valence-electron chi connectivity index (χ0n) is 14.8. The number of carboxylic acid groups (broad SMARTS) is 1. The maximum Gasteiger partial charge on any atom is 0.308 e. The number of aliphatic carboxylic acids is 1. The van der Waals surface area contributed by atoms with E-state index in [1.54, 1.807) is 31.2 Å². The second-order valence-electron chi connectivity index (χ2n) is 6.17. The van der Waals surface area contributed by atoms with Crippen LogP contribution in [0.5, 0.6) is 5.88 Å². The van der Waals surface area contributed by atoms with Gasteiger partial charge in [-0.2, -0.15) is 0 Å². The zero-order valence-corrected chi connectivity index (χ0v) is 15.5. The number of rotatable bonds is 7. The zero-order chi connectivity index (χ0) is 19.3. The van der Waals surface area contributed by atoms with E-state index in [2.05, 4.69) is 10.3 Å². The summed E-state index contributed by atoms with van der Waals surface area (Å²) in [5.74, 6) is -2.03. The fourth-order valence-electron chi connectivity index (χ4n) is 2.38. The summed E-state index contributed by atoms with van der Waals surface area (Å²) in [6.07, 6.45) is 1.26. The van der Waals surface area contributed by atoms with Gasteiger partial charge in [0.1, 0.15) is 5.02 Å². The number of pyridine rings is 1. The molecule has 0 saturated heterocycles. The Morgan fingerprint density at radius 2 is 1.85 bits per heavy atom. The van der Waals surface area contributed by atoms with Crippen LogP contribution in [0.2, 0.25) is 5.02 Å². The molecule has 0 fully saturated rings. The molecule has 1 aromatic heterocycles. The van der Waals surface area contributed by atoms with Crippen molar-refractivity contribution < 1.29 is 19.4 Å². The summed E-state index contributed by atoms with van der Waals surface area (Å²) in [6.45, 7) is 5.23. The van der Waals surface area contributed by atoms with E-state index >= 15 is 0 Å². The summed E-state index contributed by atoms with van der Waals surface area (Å²) in [7, 11) is 0. The minimum atomic E-state index is -1.00. The van der Waals surface area contributed by atoms with Crippen LogP contribution in [0.1, 0.15) is 42.7 Å². The average Bonchev–Trinajstić information content (AvgIpc) is 2.60. The third kappa shape index (κ3) is 4.95. The van der Waals surface area contributed by atoms with Crippen molar-refractivity contribution in [2.24, 2.45) is 5.92 Å². The quantitative estimate of drug-likeness (QED) is 0.768. The van der Waals surface area contributed by atoms with E-state index < -0.39 is 23.8 Å². The first-order valence-corrected chi connectivity index (χ1v) is 8.58. The van der Waals surface area contributed by atoms with E-state index in [0.29, 0.717) is 5.56 Å². The van der Waals surface area contributed by atoms with Gasteiger partial charge < -0.3 is 15.2 Å². The Bertz CT molecular complexity index is 780. The van der Waals surface area contributed by atoms with Crippen molar-refractivity contribution in [1.82, 2.24) is 10.3 Å². The van der Waals surface area contributed by atoms with Gasteiger partial charge in [0.15, 0.2) is 0 Å². The summed E-state index contributed by atoms with van der Waals surface area (Å²) in [5.41, 5.74) is 0.930. The first-order chi connectivity index (χ1) is 12.3. The number of aromatic nitrogens is 1. The average molecular weight is 377 g/mol. The van der Waals surface area contributed by atoms with Crippen molar-refractivity contribution in [2.45, 2.75) is 32.9 Å². The number of hydrogen-bond donors (Lipinski definition) is 2. The monoisotopic (exact) mass is 376 g/mol.